The summed E-state index contributed by atoms with van der Waals surface area (Å²) in [6, 6.07) is -0.620. The van der Waals surface area contributed by atoms with Crippen molar-refractivity contribution in [2.75, 3.05) is 33.4 Å². The van der Waals surface area contributed by atoms with Crippen LogP contribution in [0.3, 0.4) is 0 Å². The number of piperidine rings is 1. The highest BCUT2D eigenvalue weighted by Crippen LogP contribution is 2.14. The van der Waals surface area contributed by atoms with Crippen molar-refractivity contribution in [2.45, 2.75) is 24.9 Å². The molecule has 0 aliphatic carbocycles. The summed E-state index contributed by atoms with van der Waals surface area (Å²) in [6.07, 6.45) is 2.02. The second-order valence-corrected chi connectivity index (χ2v) is 5.31. The molecule has 2 fully saturated rings. The number of urea groups is 1. The molecule has 0 radical (unpaired) electrons. The third-order valence-corrected chi connectivity index (χ3v) is 3.67. The van der Waals surface area contributed by atoms with E-state index in [-0.39, 0.29) is 25.3 Å². The molecule has 3 atom stereocenters. The number of likely N-dealkylation sites (N-methyl/N-ethyl adjacent to an activating group) is 1. The summed E-state index contributed by atoms with van der Waals surface area (Å²) in [4.78, 5) is 25.0. The van der Waals surface area contributed by atoms with Crippen LogP contribution in [0.2, 0.25) is 0 Å². The Bertz CT molecular complexity index is 350. The van der Waals surface area contributed by atoms with Gasteiger partial charge in [0.15, 0.2) is 0 Å². The summed E-state index contributed by atoms with van der Waals surface area (Å²) in [5.74, 6) is -1.58. The van der Waals surface area contributed by atoms with Crippen LogP contribution in [0.25, 0.3) is 0 Å². The lowest BCUT2D eigenvalue weighted by molar-refractivity contribution is -0.142. The van der Waals surface area contributed by atoms with Crippen molar-refractivity contribution in [2.24, 2.45) is 5.92 Å². The highest BCUT2D eigenvalue weighted by Gasteiger charge is 2.35. The number of hydrogen-bond donors (Lipinski definition) is 3. The average Bonchev–Trinajstić information content (AvgIpc) is 2.76. The maximum atomic E-state index is 11.9. The van der Waals surface area contributed by atoms with E-state index in [1.807, 2.05) is 7.05 Å². The number of rotatable bonds is 3. The van der Waals surface area contributed by atoms with Crippen molar-refractivity contribution in [1.29, 1.82) is 0 Å². The monoisotopic (exact) mass is 271 g/mol. The van der Waals surface area contributed by atoms with Crippen LogP contribution in [0.1, 0.15) is 12.8 Å². The topological polar surface area (TPSA) is 90.9 Å². The van der Waals surface area contributed by atoms with E-state index in [4.69, 9.17) is 9.84 Å². The lowest BCUT2D eigenvalue weighted by Gasteiger charge is -2.30. The Balaban J connectivity index is 1.79. The normalized spacial score (nSPS) is 31.9. The first-order valence-electron chi connectivity index (χ1n) is 6.62. The van der Waals surface area contributed by atoms with Crippen LogP contribution in [-0.2, 0) is 9.53 Å². The fourth-order valence-corrected chi connectivity index (χ4v) is 2.62. The van der Waals surface area contributed by atoms with Gasteiger partial charge in [0.25, 0.3) is 0 Å². The Hall–Kier alpha value is -1.34. The molecule has 2 amide bonds. The number of nitrogens with one attached hydrogen (secondary N) is 2. The zero-order valence-corrected chi connectivity index (χ0v) is 11.1. The number of amides is 2. The van der Waals surface area contributed by atoms with Gasteiger partial charge in [-0.25, -0.2) is 4.79 Å². The molecule has 7 nitrogen and oxygen atoms in total. The van der Waals surface area contributed by atoms with Gasteiger partial charge in [0, 0.05) is 12.6 Å². The number of carbonyl (C=O) groups is 2. The van der Waals surface area contributed by atoms with Crippen molar-refractivity contribution in [3.8, 4) is 0 Å². The molecule has 0 aromatic rings. The predicted octanol–water partition coefficient (Wildman–Crippen LogP) is -0.521. The molecule has 3 N–H and O–H groups in total. The summed E-state index contributed by atoms with van der Waals surface area (Å²) in [7, 11) is 2.02. The molecule has 0 bridgehead atoms. The molecule has 2 rings (SSSR count). The molecule has 2 aliphatic heterocycles. The third kappa shape index (κ3) is 3.81. The van der Waals surface area contributed by atoms with Gasteiger partial charge < -0.3 is 25.4 Å². The molecule has 2 saturated heterocycles. The van der Waals surface area contributed by atoms with Crippen molar-refractivity contribution < 1.29 is 19.4 Å². The number of nitrogens with zero attached hydrogens (tertiary/aromatic N) is 1. The Morgan fingerprint density at radius 3 is 2.79 bits per heavy atom. The van der Waals surface area contributed by atoms with E-state index < -0.39 is 17.9 Å². The van der Waals surface area contributed by atoms with E-state index in [0.717, 1.165) is 25.9 Å². The summed E-state index contributed by atoms with van der Waals surface area (Å²) in [5, 5.41) is 14.6. The smallest absolute Gasteiger partial charge is 0.315 e. The fraction of sp³-hybridized carbons (Fsp3) is 0.833. The highest BCUT2D eigenvalue weighted by atomic mass is 16.5. The van der Waals surface area contributed by atoms with Crippen molar-refractivity contribution >= 4 is 12.0 Å². The summed E-state index contributed by atoms with van der Waals surface area (Å²) in [5.41, 5.74) is 0. The molecule has 0 aromatic carbocycles. The number of aliphatic carboxylic acids is 1. The van der Waals surface area contributed by atoms with Crippen LogP contribution in [0.5, 0.6) is 0 Å². The van der Waals surface area contributed by atoms with Gasteiger partial charge in [-0.15, -0.1) is 0 Å². The van der Waals surface area contributed by atoms with Gasteiger partial charge in [-0.05, 0) is 26.4 Å². The maximum absolute atomic E-state index is 11.9. The van der Waals surface area contributed by atoms with Crippen LogP contribution in [-0.4, -0.2) is 67.4 Å². The third-order valence-electron chi connectivity index (χ3n) is 3.67. The number of hydrogen-bond acceptors (Lipinski definition) is 4. The van der Waals surface area contributed by atoms with Crippen molar-refractivity contribution in [3.63, 3.8) is 0 Å². The molecule has 19 heavy (non-hydrogen) atoms. The lowest BCUT2D eigenvalue weighted by Crippen LogP contribution is -2.53. The number of carboxylic acids is 1. The molecule has 0 spiro atoms. The van der Waals surface area contributed by atoms with E-state index in [1.165, 1.54) is 0 Å². The molecule has 2 aliphatic rings. The molecule has 3 unspecified atom stereocenters. The lowest BCUT2D eigenvalue weighted by atomic mass is 10.0. The standard InChI is InChI=1S/C12H21N3O4/c1-15-4-2-3-8(5-15)13-12(18)14-10-7-19-6-9(10)11(16)17/h8-10H,2-7H2,1H3,(H,16,17)(H2,13,14,18). The largest absolute Gasteiger partial charge is 0.481 e. The Morgan fingerprint density at radius 1 is 1.32 bits per heavy atom. The minimum Gasteiger partial charge on any atom is -0.481 e. The zero-order valence-electron chi connectivity index (χ0n) is 11.1. The number of ether oxygens (including phenoxy) is 1. The van der Waals surface area contributed by atoms with Crippen molar-refractivity contribution in [3.05, 3.63) is 0 Å². The van der Waals surface area contributed by atoms with Crippen LogP contribution < -0.4 is 10.6 Å². The Morgan fingerprint density at radius 2 is 2.11 bits per heavy atom. The van der Waals surface area contributed by atoms with E-state index in [1.54, 1.807) is 0 Å². The van der Waals surface area contributed by atoms with Gasteiger partial charge in [0.1, 0.15) is 5.92 Å². The maximum Gasteiger partial charge on any atom is 0.315 e. The molecule has 7 heteroatoms. The van der Waals surface area contributed by atoms with Crippen LogP contribution in [0.4, 0.5) is 4.79 Å². The molecule has 0 saturated carbocycles. The van der Waals surface area contributed by atoms with Gasteiger partial charge in [-0.1, -0.05) is 0 Å². The molecular formula is C12H21N3O4. The van der Waals surface area contributed by atoms with Gasteiger partial charge in [0.2, 0.25) is 0 Å². The van der Waals surface area contributed by atoms with Crippen molar-refractivity contribution in [1.82, 2.24) is 15.5 Å². The van der Waals surface area contributed by atoms with Gasteiger partial charge >= 0.3 is 12.0 Å². The fourth-order valence-electron chi connectivity index (χ4n) is 2.62. The quantitative estimate of drug-likeness (QED) is 0.642. The van der Waals surface area contributed by atoms with E-state index >= 15 is 0 Å². The Kier molecular flexibility index (Phi) is 4.60. The number of carbonyl (C=O) groups excluding carboxylic acids is 1. The first-order chi connectivity index (χ1) is 9.06. The second kappa shape index (κ2) is 6.21. The van der Waals surface area contributed by atoms with Crippen LogP contribution in [0, 0.1) is 5.92 Å². The summed E-state index contributed by atoms with van der Waals surface area (Å²) >= 11 is 0. The SMILES string of the molecule is CN1CCCC(NC(=O)NC2COCC2C(=O)O)C1. The number of likely N-dealkylation sites (tertiary alicyclic amines) is 1. The molecule has 108 valence electrons. The van der Waals surface area contributed by atoms with Crippen LogP contribution in [0.15, 0.2) is 0 Å². The van der Waals surface area contributed by atoms with Crippen LogP contribution >= 0.6 is 0 Å². The van der Waals surface area contributed by atoms with E-state index in [9.17, 15) is 9.59 Å². The summed E-state index contributed by atoms with van der Waals surface area (Å²) in [6.45, 7) is 2.30. The minimum atomic E-state index is -0.930. The summed E-state index contributed by atoms with van der Waals surface area (Å²) < 4.78 is 5.11. The first kappa shape index (κ1) is 14.1. The highest BCUT2D eigenvalue weighted by molar-refractivity contribution is 5.77. The molecule has 2 heterocycles. The van der Waals surface area contributed by atoms with E-state index in [2.05, 4.69) is 15.5 Å². The zero-order chi connectivity index (χ0) is 13.8. The average molecular weight is 271 g/mol. The van der Waals surface area contributed by atoms with Gasteiger partial charge in [0.05, 0.1) is 19.3 Å². The van der Waals surface area contributed by atoms with Gasteiger partial charge in [-0.3, -0.25) is 4.79 Å². The van der Waals surface area contributed by atoms with E-state index in [0.29, 0.717) is 0 Å². The second-order valence-electron chi connectivity index (χ2n) is 5.31. The first-order valence-corrected chi connectivity index (χ1v) is 6.62. The minimum absolute atomic E-state index is 0.129. The molecule has 0 aromatic heterocycles. The Labute approximate surface area is 112 Å². The van der Waals surface area contributed by atoms with Gasteiger partial charge in [-0.2, -0.15) is 0 Å². The molecular weight excluding hydrogens is 250 g/mol. The number of carboxylic acid groups (broad SMARTS) is 1. The predicted molar refractivity (Wildman–Crippen MR) is 67.9 cm³/mol.